The van der Waals surface area contributed by atoms with Crippen LogP contribution >= 0.6 is 0 Å². The first-order chi connectivity index (χ1) is 16.3. The molecule has 1 aliphatic carbocycles. The largest absolute Gasteiger partial charge is 0.416 e. The molecule has 3 rings (SSSR count). The molecule has 192 valence electrons. The number of hydrogen-bond acceptors (Lipinski definition) is 3. The van der Waals surface area contributed by atoms with E-state index >= 15 is 0 Å². The Bertz CT molecular complexity index is 747. The van der Waals surface area contributed by atoms with Gasteiger partial charge in [0.2, 0.25) is 5.91 Å². The van der Waals surface area contributed by atoms with Gasteiger partial charge in [-0.2, -0.15) is 13.2 Å². The summed E-state index contributed by atoms with van der Waals surface area (Å²) in [5.74, 6) is 0.568. The number of ether oxygens (including phenoxy) is 1. The minimum Gasteiger partial charge on any atom is -0.381 e. The maximum Gasteiger partial charge on any atom is 0.416 e. The summed E-state index contributed by atoms with van der Waals surface area (Å²) < 4.78 is 44.4. The van der Waals surface area contributed by atoms with Gasteiger partial charge in [-0.3, -0.25) is 9.69 Å². The summed E-state index contributed by atoms with van der Waals surface area (Å²) in [7, 11) is 0. The Morgan fingerprint density at radius 2 is 1.76 bits per heavy atom. The summed E-state index contributed by atoms with van der Waals surface area (Å²) in [5, 5.41) is 0. The molecule has 0 aromatic heterocycles. The van der Waals surface area contributed by atoms with Crippen molar-refractivity contribution < 1.29 is 22.7 Å². The third kappa shape index (κ3) is 7.20. The van der Waals surface area contributed by atoms with Crippen molar-refractivity contribution in [2.45, 2.75) is 89.9 Å². The van der Waals surface area contributed by atoms with Gasteiger partial charge in [-0.05, 0) is 88.6 Å². The highest BCUT2D eigenvalue weighted by molar-refractivity contribution is 5.79. The number of carbonyl (C=O) groups is 1. The van der Waals surface area contributed by atoms with Crippen LogP contribution in [-0.2, 0) is 22.1 Å². The number of likely N-dealkylation sites (tertiary alicyclic amines) is 1. The van der Waals surface area contributed by atoms with Gasteiger partial charge in [0.15, 0.2) is 0 Å². The molecule has 1 aliphatic heterocycles. The Labute approximate surface area is 202 Å². The molecule has 3 unspecified atom stereocenters. The van der Waals surface area contributed by atoms with Crippen LogP contribution in [0.1, 0.15) is 76.3 Å². The smallest absolute Gasteiger partial charge is 0.381 e. The van der Waals surface area contributed by atoms with Gasteiger partial charge in [-0.1, -0.05) is 25.5 Å². The Kier molecular flexibility index (Phi) is 10.3. The van der Waals surface area contributed by atoms with E-state index in [1.165, 1.54) is 31.4 Å². The zero-order chi connectivity index (χ0) is 24.6. The van der Waals surface area contributed by atoms with E-state index in [2.05, 4.69) is 11.8 Å². The second kappa shape index (κ2) is 12.9. The Morgan fingerprint density at radius 1 is 1.06 bits per heavy atom. The summed E-state index contributed by atoms with van der Waals surface area (Å²) in [6.07, 6.45) is 4.70. The summed E-state index contributed by atoms with van der Waals surface area (Å²) >= 11 is 0. The third-order valence-corrected chi connectivity index (χ3v) is 7.42. The quantitative estimate of drug-likeness (QED) is 0.366. The monoisotopic (exact) mass is 482 g/mol. The van der Waals surface area contributed by atoms with Crippen LogP contribution in [0.5, 0.6) is 0 Å². The number of nitrogens with zero attached hydrogens (tertiary/aromatic N) is 2. The van der Waals surface area contributed by atoms with Crippen molar-refractivity contribution in [3.63, 3.8) is 0 Å². The minimum absolute atomic E-state index is 0.0170. The van der Waals surface area contributed by atoms with E-state index in [0.717, 1.165) is 70.5 Å². The van der Waals surface area contributed by atoms with Gasteiger partial charge < -0.3 is 9.64 Å². The molecule has 3 atom stereocenters. The minimum atomic E-state index is -4.36. The van der Waals surface area contributed by atoms with Crippen molar-refractivity contribution in [3.8, 4) is 0 Å². The average Bonchev–Trinajstić information content (AvgIpc) is 3.34. The predicted molar refractivity (Wildman–Crippen MR) is 129 cm³/mol. The fourth-order valence-electron chi connectivity index (χ4n) is 5.86. The first kappa shape index (κ1) is 27.0. The fourth-order valence-corrected chi connectivity index (χ4v) is 5.86. The molecule has 1 aromatic rings. The number of carbonyl (C=O) groups excluding carboxylic acids is 1. The van der Waals surface area contributed by atoms with Crippen molar-refractivity contribution in [2.24, 2.45) is 5.92 Å². The molecule has 4 nitrogen and oxygen atoms in total. The lowest BCUT2D eigenvalue weighted by Crippen LogP contribution is -2.58. The molecule has 1 saturated carbocycles. The number of amides is 1. The van der Waals surface area contributed by atoms with Crippen LogP contribution in [0, 0.1) is 5.92 Å². The van der Waals surface area contributed by atoms with Crippen molar-refractivity contribution in [1.29, 1.82) is 0 Å². The van der Waals surface area contributed by atoms with Gasteiger partial charge >= 0.3 is 6.18 Å². The van der Waals surface area contributed by atoms with Gasteiger partial charge in [0, 0.05) is 31.8 Å². The standard InChI is InChI=1S/C27H41F3N2O2/c1-3-18-34-19-8-10-22-9-7-11-24(26(22)31-16-5-6-17-31)32(4-2)25(33)20-21-12-14-23(15-13-21)27(28,29)30/h12-15,22,24,26H,3-11,16-20H2,1-2H3. The second-order valence-corrected chi connectivity index (χ2v) is 9.80. The molecule has 0 radical (unpaired) electrons. The maximum absolute atomic E-state index is 13.4. The molecule has 1 heterocycles. The van der Waals surface area contributed by atoms with E-state index in [1.54, 1.807) is 0 Å². The summed E-state index contributed by atoms with van der Waals surface area (Å²) in [5.41, 5.74) is -0.0437. The van der Waals surface area contributed by atoms with E-state index in [9.17, 15) is 18.0 Å². The molecule has 1 amide bonds. The average molecular weight is 483 g/mol. The number of likely N-dealkylation sites (N-methyl/N-ethyl adjacent to an activating group) is 1. The molecule has 0 spiro atoms. The molecule has 34 heavy (non-hydrogen) atoms. The Hall–Kier alpha value is -1.60. The second-order valence-electron chi connectivity index (χ2n) is 9.80. The first-order valence-electron chi connectivity index (χ1n) is 13.1. The van der Waals surface area contributed by atoms with Gasteiger partial charge in [0.05, 0.1) is 12.0 Å². The lowest BCUT2D eigenvalue weighted by atomic mass is 9.77. The zero-order valence-electron chi connectivity index (χ0n) is 20.8. The SMILES string of the molecule is CCCOCCCC1CCCC(N(CC)C(=O)Cc2ccc(C(F)(F)F)cc2)C1N1CCCC1. The number of hydrogen-bond donors (Lipinski definition) is 0. The van der Waals surface area contributed by atoms with Crippen LogP contribution in [0.2, 0.25) is 0 Å². The molecular weight excluding hydrogens is 441 g/mol. The van der Waals surface area contributed by atoms with Crippen molar-refractivity contribution >= 4 is 5.91 Å². The van der Waals surface area contributed by atoms with Crippen LogP contribution in [0.4, 0.5) is 13.2 Å². The van der Waals surface area contributed by atoms with E-state index in [1.807, 2.05) is 11.8 Å². The summed E-state index contributed by atoms with van der Waals surface area (Å²) in [6, 6.07) is 5.55. The van der Waals surface area contributed by atoms with Gasteiger partial charge in [0.1, 0.15) is 0 Å². The van der Waals surface area contributed by atoms with Crippen LogP contribution < -0.4 is 0 Å². The lowest BCUT2D eigenvalue weighted by Gasteiger charge is -2.48. The van der Waals surface area contributed by atoms with Crippen LogP contribution in [0.25, 0.3) is 0 Å². The van der Waals surface area contributed by atoms with E-state index in [0.29, 0.717) is 24.1 Å². The van der Waals surface area contributed by atoms with Crippen molar-refractivity contribution in [1.82, 2.24) is 9.80 Å². The van der Waals surface area contributed by atoms with Crippen LogP contribution in [0.15, 0.2) is 24.3 Å². The van der Waals surface area contributed by atoms with Crippen LogP contribution in [-0.4, -0.2) is 60.6 Å². The normalized spacial score (nSPS) is 23.9. The van der Waals surface area contributed by atoms with E-state index in [4.69, 9.17) is 4.74 Å². The molecule has 1 aromatic carbocycles. The molecule has 0 bridgehead atoms. The molecule has 2 aliphatic rings. The van der Waals surface area contributed by atoms with Gasteiger partial charge in [-0.25, -0.2) is 0 Å². The number of rotatable bonds is 11. The van der Waals surface area contributed by atoms with E-state index in [-0.39, 0.29) is 18.4 Å². The highest BCUT2D eigenvalue weighted by Crippen LogP contribution is 2.36. The zero-order valence-corrected chi connectivity index (χ0v) is 20.8. The Balaban J connectivity index is 1.70. The predicted octanol–water partition coefficient (Wildman–Crippen LogP) is 5.94. The summed E-state index contributed by atoms with van der Waals surface area (Å²) in [4.78, 5) is 18.0. The fraction of sp³-hybridized carbons (Fsp3) is 0.741. The highest BCUT2D eigenvalue weighted by Gasteiger charge is 2.41. The topological polar surface area (TPSA) is 32.8 Å². The molecule has 1 saturated heterocycles. The van der Waals surface area contributed by atoms with Gasteiger partial charge in [-0.15, -0.1) is 0 Å². The van der Waals surface area contributed by atoms with Crippen molar-refractivity contribution in [3.05, 3.63) is 35.4 Å². The molecule has 0 N–H and O–H groups in total. The Morgan fingerprint density at radius 3 is 2.38 bits per heavy atom. The van der Waals surface area contributed by atoms with Crippen molar-refractivity contribution in [2.75, 3.05) is 32.8 Å². The number of benzene rings is 1. The highest BCUT2D eigenvalue weighted by atomic mass is 19.4. The maximum atomic E-state index is 13.4. The molecule has 7 heteroatoms. The van der Waals surface area contributed by atoms with Crippen LogP contribution in [0.3, 0.4) is 0 Å². The lowest BCUT2D eigenvalue weighted by molar-refractivity contribution is -0.137. The van der Waals surface area contributed by atoms with Gasteiger partial charge in [0.25, 0.3) is 0 Å². The summed E-state index contributed by atoms with van der Waals surface area (Å²) in [6.45, 7) is 8.56. The first-order valence-corrected chi connectivity index (χ1v) is 13.1. The number of halogens is 3. The van der Waals surface area contributed by atoms with E-state index < -0.39 is 11.7 Å². The third-order valence-electron chi connectivity index (χ3n) is 7.42. The molecule has 2 fully saturated rings. The molecular formula is C27H41F3N2O2. The number of alkyl halides is 3.